The molecule has 7 heteroatoms. The van der Waals surface area contributed by atoms with E-state index in [9.17, 15) is 4.79 Å². The quantitative estimate of drug-likeness (QED) is 0.896. The third-order valence-corrected chi connectivity index (χ3v) is 5.09. The van der Waals surface area contributed by atoms with Crippen molar-refractivity contribution in [2.45, 2.75) is 25.4 Å². The maximum absolute atomic E-state index is 12.3. The van der Waals surface area contributed by atoms with E-state index in [4.69, 9.17) is 9.15 Å². The zero-order chi connectivity index (χ0) is 17.3. The highest BCUT2D eigenvalue weighted by atomic mass is 16.5. The molecule has 25 heavy (non-hydrogen) atoms. The van der Waals surface area contributed by atoms with Gasteiger partial charge in [0, 0.05) is 25.5 Å². The lowest BCUT2D eigenvalue weighted by Crippen LogP contribution is -2.66. The van der Waals surface area contributed by atoms with Gasteiger partial charge in [-0.05, 0) is 43.4 Å². The monoisotopic (exact) mass is 342 g/mol. The number of aromatic nitrogens is 2. The second-order valence-electron chi connectivity index (χ2n) is 6.84. The molecule has 0 bridgehead atoms. The first-order valence-corrected chi connectivity index (χ1v) is 8.65. The molecule has 0 aliphatic carbocycles. The number of ether oxygens (including phenoxy) is 1. The zero-order valence-electron chi connectivity index (χ0n) is 14.3. The SMILES string of the molecule is Cc1cnc(NCCC2CCOC23CN(C(=O)c2ccco2)C3)nc1. The Balaban J connectivity index is 1.29. The van der Waals surface area contributed by atoms with Gasteiger partial charge < -0.3 is 19.4 Å². The van der Waals surface area contributed by atoms with E-state index in [1.54, 1.807) is 29.4 Å². The van der Waals surface area contributed by atoms with Crippen LogP contribution in [0.1, 0.15) is 29.0 Å². The van der Waals surface area contributed by atoms with Gasteiger partial charge in [-0.25, -0.2) is 9.97 Å². The lowest BCUT2D eigenvalue weighted by molar-refractivity contribution is -0.118. The van der Waals surface area contributed by atoms with Crippen molar-refractivity contribution in [1.82, 2.24) is 14.9 Å². The van der Waals surface area contributed by atoms with Gasteiger partial charge in [0.15, 0.2) is 5.76 Å². The first-order valence-electron chi connectivity index (χ1n) is 8.65. The van der Waals surface area contributed by atoms with Crippen molar-refractivity contribution >= 4 is 11.9 Å². The molecule has 1 atom stereocenters. The molecule has 1 N–H and O–H groups in total. The smallest absolute Gasteiger partial charge is 0.289 e. The Kier molecular flexibility index (Phi) is 4.17. The molecule has 2 aromatic rings. The summed E-state index contributed by atoms with van der Waals surface area (Å²) in [6, 6.07) is 3.43. The minimum atomic E-state index is -0.196. The second-order valence-corrected chi connectivity index (χ2v) is 6.84. The van der Waals surface area contributed by atoms with Crippen molar-refractivity contribution < 1.29 is 13.9 Å². The first-order chi connectivity index (χ1) is 12.2. The van der Waals surface area contributed by atoms with Gasteiger partial charge in [-0.2, -0.15) is 0 Å². The van der Waals surface area contributed by atoms with Crippen LogP contribution in [0, 0.1) is 12.8 Å². The van der Waals surface area contributed by atoms with E-state index in [0.29, 0.717) is 30.7 Å². The molecule has 1 spiro atoms. The van der Waals surface area contributed by atoms with Crippen LogP contribution in [0.2, 0.25) is 0 Å². The molecular formula is C18H22N4O3. The minimum Gasteiger partial charge on any atom is -0.459 e. The molecule has 0 aromatic carbocycles. The molecule has 132 valence electrons. The Morgan fingerprint density at radius 2 is 2.20 bits per heavy atom. The molecule has 2 aliphatic heterocycles. The predicted octanol–water partition coefficient (Wildman–Crippen LogP) is 2.11. The van der Waals surface area contributed by atoms with Gasteiger partial charge >= 0.3 is 0 Å². The molecule has 1 unspecified atom stereocenters. The summed E-state index contributed by atoms with van der Waals surface area (Å²) in [6.45, 7) is 4.80. The van der Waals surface area contributed by atoms with E-state index in [0.717, 1.165) is 31.6 Å². The second kappa shape index (κ2) is 6.48. The van der Waals surface area contributed by atoms with Gasteiger partial charge in [0.05, 0.1) is 19.4 Å². The molecular weight excluding hydrogens is 320 g/mol. The molecule has 0 saturated carbocycles. The fourth-order valence-electron chi connectivity index (χ4n) is 3.68. The van der Waals surface area contributed by atoms with Crippen molar-refractivity contribution in [2.75, 3.05) is 31.6 Å². The van der Waals surface area contributed by atoms with Crippen LogP contribution in [0.15, 0.2) is 35.2 Å². The molecule has 4 rings (SSSR count). The van der Waals surface area contributed by atoms with Crippen LogP contribution >= 0.6 is 0 Å². The molecule has 2 saturated heterocycles. The molecule has 2 aliphatic rings. The molecule has 2 aromatic heterocycles. The number of rotatable bonds is 5. The molecule has 0 radical (unpaired) electrons. The summed E-state index contributed by atoms with van der Waals surface area (Å²) in [4.78, 5) is 22.6. The number of hydrogen-bond donors (Lipinski definition) is 1. The van der Waals surface area contributed by atoms with Gasteiger partial charge in [-0.15, -0.1) is 0 Å². The van der Waals surface area contributed by atoms with Crippen LogP contribution in [0.25, 0.3) is 0 Å². The summed E-state index contributed by atoms with van der Waals surface area (Å²) in [6.07, 6.45) is 7.13. The maximum Gasteiger partial charge on any atom is 0.289 e. The number of aryl methyl sites for hydroxylation is 1. The fraction of sp³-hybridized carbons (Fsp3) is 0.500. The average molecular weight is 342 g/mol. The zero-order valence-corrected chi connectivity index (χ0v) is 14.3. The van der Waals surface area contributed by atoms with Crippen LogP contribution in [-0.4, -0.2) is 52.6 Å². The summed E-state index contributed by atoms with van der Waals surface area (Å²) in [5.41, 5.74) is 0.849. The maximum atomic E-state index is 12.3. The molecule has 2 fully saturated rings. The third kappa shape index (κ3) is 3.11. The highest BCUT2D eigenvalue weighted by molar-refractivity contribution is 5.92. The topological polar surface area (TPSA) is 80.5 Å². The summed E-state index contributed by atoms with van der Waals surface area (Å²) in [5, 5.41) is 3.27. The number of carbonyl (C=O) groups excluding carboxylic acids is 1. The Labute approximate surface area is 146 Å². The number of hydrogen-bond acceptors (Lipinski definition) is 6. The van der Waals surface area contributed by atoms with Crippen molar-refractivity contribution in [1.29, 1.82) is 0 Å². The third-order valence-electron chi connectivity index (χ3n) is 5.09. The van der Waals surface area contributed by atoms with Crippen LogP contribution < -0.4 is 5.32 Å². The van der Waals surface area contributed by atoms with Gasteiger partial charge in [0.2, 0.25) is 5.95 Å². The number of carbonyl (C=O) groups is 1. The van der Waals surface area contributed by atoms with Crippen LogP contribution in [0.4, 0.5) is 5.95 Å². The normalized spacial score (nSPS) is 21.3. The Morgan fingerprint density at radius 1 is 1.40 bits per heavy atom. The van der Waals surface area contributed by atoms with Gasteiger partial charge in [-0.3, -0.25) is 4.79 Å². The lowest BCUT2D eigenvalue weighted by Gasteiger charge is -2.50. The van der Waals surface area contributed by atoms with E-state index in [2.05, 4.69) is 15.3 Å². The number of likely N-dealkylation sites (tertiary alicyclic amines) is 1. The average Bonchev–Trinajstić information content (AvgIpc) is 3.24. The number of anilines is 1. The summed E-state index contributed by atoms with van der Waals surface area (Å²) >= 11 is 0. The molecule has 4 heterocycles. The highest BCUT2D eigenvalue weighted by Crippen LogP contribution is 2.42. The summed E-state index contributed by atoms with van der Waals surface area (Å²) < 4.78 is 11.2. The van der Waals surface area contributed by atoms with Crippen LogP contribution in [-0.2, 0) is 4.74 Å². The first kappa shape index (κ1) is 16.1. The van der Waals surface area contributed by atoms with E-state index in [1.165, 1.54) is 6.26 Å². The standard InChI is InChI=1S/C18H22N4O3/c1-13-9-20-17(21-10-13)19-6-4-14-5-8-25-18(14)11-22(12-18)16(23)15-3-2-7-24-15/h2-3,7,9-10,14H,4-6,8,11-12H2,1H3,(H,19,20,21). The minimum absolute atomic E-state index is 0.0592. The van der Waals surface area contributed by atoms with Crippen molar-refractivity contribution in [2.24, 2.45) is 5.92 Å². The largest absolute Gasteiger partial charge is 0.459 e. The predicted molar refractivity (Wildman–Crippen MR) is 91.3 cm³/mol. The molecule has 1 amide bonds. The van der Waals surface area contributed by atoms with E-state index in [-0.39, 0.29) is 11.5 Å². The van der Waals surface area contributed by atoms with Crippen molar-refractivity contribution in [3.63, 3.8) is 0 Å². The number of nitrogens with one attached hydrogen (secondary N) is 1. The number of nitrogens with zero attached hydrogens (tertiary/aromatic N) is 3. The van der Waals surface area contributed by atoms with E-state index in [1.807, 2.05) is 6.92 Å². The summed E-state index contributed by atoms with van der Waals surface area (Å²) in [5.74, 6) is 1.42. The van der Waals surface area contributed by atoms with Crippen LogP contribution in [0.3, 0.4) is 0 Å². The lowest BCUT2D eigenvalue weighted by atomic mass is 9.79. The van der Waals surface area contributed by atoms with E-state index >= 15 is 0 Å². The molecule has 7 nitrogen and oxygen atoms in total. The van der Waals surface area contributed by atoms with Gasteiger partial charge in [0.25, 0.3) is 5.91 Å². The van der Waals surface area contributed by atoms with Crippen LogP contribution in [0.5, 0.6) is 0 Å². The van der Waals surface area contributed by atoms with Gasteiger partial charge in [-0.1, -0.05) is 0 Å². The highest BCUT2D eigenvalue weighted by Gasteiger charge is 2.54. The summed E-state index contributed by atoms with van der Waals surface area (Å²) in [7, 11) is 0. The Morgan fingerprint density at radius 3 is 2.92 bits per heavy atom. The van der Waals surface area contributed by atoms with Gasteiger partial charge in [0.1, 0.15) is 5.60 Å². The van der Waals surface area contributed by atoms with Crippen molar-refractivity contribution in [3.05, 3.63) is 42.1 Å². The Bertz CT molecular complexity index is 723. The number of furan rings is 1. The van der Waals surface area contributed by atoms with Crippen molar-refractivity contribution in [3.8, 4) is 0 Å². The van der Waals surface area contributed by atoms with E-state index < -0.39 is 0 Å². The Hall–Kier alpha value is -2.41. The fourth-order valence-corrected chi connectivity index (χ4v) is 3.68. The number of amides is 1.